The summed E-state index contributed by atoms with van der Waals surface area (Å²) in [7, 11) is 0. The van der Waals surface area contributed by atoms with Gasteiger partial charge in [0.1, 0.15) is 5.52 Å². The molecule has 2 rings (SSSR count). The number of halogens is 1. The number of benzene rings is 1. The summed E-state index contributed by atoms with van der Waals surface area (Å²) in [6, 6.07) is 5.49. The van der Waals surface area contributed by atoms with Crippen molar-refractivity contribution in [3.63, 3.8) is 0 Å². The summed E-state index contributed by atoms with van der Waals surface area (Å²) in [6.07, 6.45) is 0. The first kappa shape index (κ1) is 8.44. The second kappa shape index (κ2) is 2.96. The minimum atomic E-state index is -0.164. The summed E-state index contributed by atoms with van der Waals surface area (Å²) in [5.41, 5.74) is 1.31. The van der Waals surface area contributed by atoms with Crippen molar-refractivity contribution in [1.29, 1.82) is 0 Å². The predicted molar refractivity (Wildman–Crippen MR) is 51.7 cm³/mol. The van der Waals surface area contributed by atoms with Crippen LogP contribution in [0.25, 0.3) is 11.1 Å². The number of hydrogen-bond acceptors (Lipinski definition) is 3. The molecule has 1 heterocycles. The van der Waals surface area contributed by atoms with Gasteiger partial charge >= 0.3 is 0 Å². The number of rotatable bonds is 1. The Morgan fingerprint density at radius 3 is 2.92 bits per heavy atom. The standard InChI is InChI=1S/C9H6BrNO2/c1-5(12)9-11-7-4-2-3-6(10)8(7)13-9/h2-4H,1H3. The van der Waals surface area contributed by atoms with E-state index in [9.17, 15) is 4.79 Å². The van der Waals surface area contributed by atoms with Crippen molar-refractivity contribution in [3.05, 3.63) is 28.6 Å². The van der Waals surface area contributed by atoms with Gasteiger partial charge in [0.25, 0.3) is 5.89 Å². The summed E-state index contributed by atoms with van der Waals surface area (Å²) < 4.78 is 6.06. The lowest BCUT2D eigenvalue weighted by Crippen LogP contribution is -1.89. The van der Waals surface area contributed by atoms with Crippen LogP contribution < -0.4 is 0 Å². The van der Waals surface area contributed by atoms with Crippen LogP contribution in [-0.2, 0) is 0 Å². The van der Waals surface area contributed by atoms with Crippen LogP contribution in [-0.4, -0.2) is 10.8 Å². The number of Topliss-reactive ketones (excluding diaryl/α,β-unsaturated/α-hetero) is 1. The van der Waals surface area contributed by atoms with Crippen LogP contribution in [0.2, 0.25) is 0 Å². The van der Waals surface area contributed by atoms with Gasteiger partial charge in [0.15, 0.2) is 5.58 Å². The maximum Gasteiger partial charge on any atom is 0.263 e. The predicted octanol–water partition coefficient (Wildman–Crippen LogP) is 2.79. The summed E-state index contributed by atoms with van der Waals surface area (Å²) in [5, 5.41) is 0. The lowest BCUT2D eigenvalue weighted by Gasteiger charge is -1.87. The largest absolute Gasteiger partial charge is 0.432 e. The molecule has 0 aliphatic rings. The van der Waals surface area contributed by atoms with E-state index < -0.39 is 0 Å². The van der Waals surface area contributed by atoms with Gasteiger partial charge in [-0.3, -0.25) is 4.79 Å². The molecular weight excluding hydrogens is 234 g/mol. The van der Waals surface area contributed by atoms with Gasteiger partial charge in [-0.2, -0.15) is 0 Å². The molecule has 0 N–H and O–H groups in total. The van der Waals surface area contributed by atoms with E-state index in [1.54, 1.807) is 6.07 Å². The van der Waals surface area contributed by atoms with E-state index in [1.807, 2.05) is 12.1 Å². The molecule has 0 bridgehead atoms. The number of para-hydroxylation sites is 1. The van der Waals surface area contributed by atoms with Crippen LogP contribution in [0.4, 0.5) is 0 Å². The van der Waals surface area contributed by atoms with Gasteiger partial charge < -0.3 is 4.42 Å². The average molecular weight is 240 g/mol. The molecule has 0 spiro atoms. The molecule has 0 saturated carbocycles. The van der Waals surface area contributed by atoms with Crippen molar-refractivity contribution in [2.45, 2.75) is 6.92 Å². The van der Waals surface area contributed by atoms with Crippen LogP contribution in [0, 0.1) is 0 Å². The number of oxazole rings is 1. The number of fused-ring (bicyclic) bond motifs is 1. The zero-order valence-corrected chi connectivity index (χ0v) is 8.46. The van der Waals surface area contributed by atoms with E-state index in [0.29, 0.717) is 11.1 Å². The van der Waals surface area contributed by atoms with Gasteiger partial charge in [0.2, 0.25) is 5.78 Å². The van der Waals surface area contributed by atoms with E-state index >= 15 is 0 Å². The van der Waals surface area contributed by atoms with Crippen LogP contribution in [0.5, 0.6) is 0 Å². The Hall–Kier alpha value is -1.16. The zero-order valence-electron chi connectivity index (χ0n) is 6.87. The van der Waals surface area contributed by atoms with Crippen LogP contribution in [0.1, 0.15) is 17.6 Å². The molecule has 0 saturated heterocycles. The third-order valence-corrected chi connectivity index (χ3v) is 2.29. The molecule has 0 radical (unpaired) electrons. The van der Waals surface area contributed by atoms with E-state index in [2.05, 4.69) is 20.9 Å². The van der Waals surface area contributed by atoms with Crippen molar-refractivity contribution >= 4 is 32.8 Å². The normalized spacial score (nSPS) is 10.6. The molecule has 66 valence electrons. The smallest absolute Gasteiger partial charge is 0.263 e. The topological polar surface area (TPSA) is 43.1 Å². The SMILES string of the molecule is CC(=O)c1nc2cccc(Br)c2o1. The van der Waals surface area contributed by atoms with Crippen molar-refractivity contribution in [2.75, 3.05) is 0 Å². The minimum absolute atomic E-state index is 0.155. The number of ketones is 1. The lowest BCUT2D eigenvalue weighted by molar-refractivity contribution is 0.0983. The molecule has 0 aliphatic carbocycles. The molecule has 13 heavy (non-hydrogen) atoms. The fourth-order valence-electron chi connectivity index (χ4n) is 1.07. The van der Waals surface area contributed by atoms with Gasteiger partial charge in [-0.15, -0.1) is 0 Å². The number of carbonyl (C=O) groups is 1. The first-order chi connectivity index (χ1) is 6.18. The zero-order chi connectivity index (χ0) is 9.42. The number of carbonyl (C=O) groups excluding carboxylic acids is 1. The summed E-state index contributed by atoms with van der Waals surface area (Å²) in [5.74, 6) is -0.00926. The quantitative estimate of drug-likeness (QED) is 0.719. The Morgan fingerprint density at radius 2 is 2.31 bits per heavy atom. The van der Waals surface area contributed by atoms with Gasteiger partial charge in [0, 0.05) is 6.92 Å². The highest BCUT2D eigenvalue weighted by molar-refractivity contribution is 9.10. The molecule has 0 atom stereocenters. The Morgan fingerprint density at radius 1 is 1.54 bits per heavy atom. The summed E-state index contributed by atoms with van der Waals surface area (Å²) >= 11 is 3.31. The van der Waals surface area contributed by atoms with Crippen molar-refractivity contribution < 1.29 is 9.21 Å². The molecule has 0 aliphatic heterocycles. The molecule has 1 aromatic heterocycles. The van der Waals surface area contributed by atoms with Gasteiger partial charge in [-0.05, 0) is 28.1 Å². The van der Waals surface area contributed by atoms with Gasteiger partial charge in [-0.1, -0.05) is 6.07 Å². The Balaban J connectivity index is 2.75. The second-order valence-electron chi connectivity index (χ2n) is 2.66. The fourth-order valence-corrected chi connectivity index (χ4v) is 1.50. The maximum absolute atomic E-state index is 11.0. The summed E-state index contributed by atoms with van der Waals surface area (Å²) in [4.78, 5) is 15.0. The Bertz CT molecular complexity index is 475. The molecule has 4 heteroatoms. The third-order valence-electron chi connectivity index (χ3n) is 1.67. The molecule has 3 nitrogen and oxygen atoms in total. The third kappa shape index (κ3) is 1.37. The van der Waals surface area contributed by atoms with Crippen LogP contribution >= 0.6 is 15.9 Å². The molecule has 1 aromatic carbocycles. The molecule has 0 amide bonds. The second-order valence-corrected chi connectivity index (χ2v) is 3.52. The van der Waals surface area contributed by atoms with Gasteiger partial charge in [0.05, 0.1) is 4.47 Å². The average Bonchev–Trinajstić information content (AvgIpc) is 2.49. The fraction of sp³-hybridized carbons (Fsp3) is 0.111. The molecule has 2 aromatic rings. The maximum atomic E-state index is 11.0. The van der Waals surface area contributed by atoms with E-state index in [-0.39, 0.29) is 11.7 Å². The molecule has 0 unspecified atom stereocenters. The number of nitrogens with zero attached hydrogens (tertiary/aromatic N) is 1. The minimum Gasteiger partial charge on any atom is -0.432 e. The lowest BCUT2D eigenvalue weighted by atomic mass is 10.3. The molecular formula is C9H6BrNO2. The van der Waals surface area contributed by atoms with Gasteiger partial charge in [-0.25, -0.2) is 4.98 Å². The monoisotopic (exact) mass is 239 g/mol. The Labute approximate surface area is 82.9 Å². The van der Waals surface area contributed by atoms with E-state index in [4.69, 9.17) is 4.42 Å². The highest BCUT2D eigenvalue weighted by Crippen LogP contribution is 2.24. The van der Waals surface area contributed by atoms with Crippen molar-refractivity contribution in [3.8, 4) is 0 Å². The van der Waals surface area contributed by atoms with Crippen molar-refractivity contribution in [1.82, 2.24) is 4.98 Å². The highest BCUT2D eigenvalue weighted by Gasteiger charge is 2.10. The highest BCUT2D eigenvalue weighted by atomic mass is 79.9. The van der Waals surface area contributed by atoms with E-state index in [1.165, 1.54) is 6.92 Å². The van der Waals surface area contributed by atoms with Crippen molar-refractivity contribution in [2.24, 2.45) is 0 Å². The van der Waals surface area contributed by atoms with Crippen LogP contribution in [0.15, 0.2) is 27.1 Å². The summed E-state index contributed by atoms with van der Waals surface area (Å²) in [6.45, 7) is 1.43. The van der Waals surface area contributed by atoms with E-state index in [0.717, 1.165) is 4.47 Å². The number of hydrogen-bond donors (Lipinski definition) is 0. The van der Waals surface area contributed by atoms with Crippen LogP contribution in [0.3, 0.4) is 0 Å². The first-order valence-electron chi connectivity index (χ1n) is 3.74. The Kier molecular flexibility index (Phi) is 1.92. The first-order valence-corrected chi connectivity index (χ1v) is 4.54. The number of aromatic nitrogens is 1. The molecule has 0 fully saturated rings.